The van der Waals surface area contributed by atoms with Crippen LogP contribution in [0.4, 0.5) is 5.69 Å². The maximum atomic E-state index is 6.19. The maximum absolute atomic E-state index is 6.19. The van der Waals surface area contributed by atoms with E-state index in [-0.39, 0.29) is 12.1 Å². The number of rotatable bonds is 1. The molecule has 4 heteroatoms. The molecule has 2 aliphatic heterocycles. The van der Waals surface area contributed by atoms with Crippen LogP contribution in [0.2, 0.25) is 0 Å². The lowest BCUT2D eigenvalue weighted by atomic mass is 9.80. The summed E-state index contributed by atoms with van der Waals surface area (Å²) < 4.78 is 7.31. The van der Waals surface area contributed by atoms with Crippen LogP contribution in [0.25, 0.3) is 10.9 Å². The number of ether oxygens (including phenoxy) is 1. The Morgan fingerprint density at radius 3 is 3.00 bits per heavy atom. The number of halogens is 1. The molecule has 3 aromatic rings. The highest BCUT2D eigenvalue weighted by atomic mass is 79.9. The number of nitrogens with zero attached hydrogens (tertiary/aromatic N) is 1. The van der Waals surface area contributed by atoms with Crippen LogP contribution in [0.15, 0.2) is 59.2 Å². The molecule has 2 aromatic carbocycles. The van der Waals surface area contributed by atoms with Gasteiger partial charge >= 0.3 is 0 Å². The van der Waals surface area contributed by atoms with E-state index < -0.39 is 0 Å². The molecule has 2 aliphatic rings. The molecule has 0 radical (unpaired) electrons. The summed E-state index contributed by atoms with van der Waals surface area (Å²) in [6, 6.07) is 17.3. The van der Waals surface area contributed by atoms with Crippen molar-refractivity contribution in [1.29, 1.82) is 0 Å². The highest BCUT2D eigenvalue weighted by Crippen LogP contribution is 2.51. The molecular weight excluding hydrogens is 364 g/mol. The van der Waals surface area contributed by atoms with Gasteiger partial charge in [0.25, 0.3) is 0 Å². The summed E-state index contributed by atoms with van der Waals surface area (Å²) in [5.74, 6) is 0.442. The van der Waals surface area contributed by atoms with Crippen molar-refractivity contribution in [3.63, 3.8) is 0 Å². The average Bonchev–Trinajstić information content (AvgIpc) is 3.10. The van der Waals surface area contributed by atoms with E-state index >= 15 is 0 Å². The minimum Gasteiger partial charge on any atom is -0.378 e. The van der Waals surface area contributed by atoms with Gasteiger partial charge in [-0.2, -0.15) is 0 Å². The molecule has 120 valence electrons. The Morgan fingerprint density at radius 2 is 2.08 bits per heavy atom. The van der Waals surface area contributed by atoms with Crippen molar-refractivity contribution in [3.05, 3.63) is 70.3 Å². The number of pyridine rings is 1. The topological polar surface area (TPSA) is 34.2 Å². The van der Waals surface area contributed by atoms with Crippen molar-refractivity contribution in [2.24, 2.45) is 5.92 Å². The van der Waals surface area contributed by atoms with Crippen LogP contribution in [-0.2, 0) is 4.74 Å². The van der Waals surface area contributed by atoms with E-state index in [2.05, 4.69) is 68.7 Å². The van der Waals surface area contributed by atoms with Crippen molar-refractivity contribution >= 4 is 32.5 Å². The number of anilines is 1. The Bertz CT molecular complexity index is 926. The van der Waals surface area contributed by atoms with Gasteiger partial charge in [0, 0.05) is 39.8 Å². The van der Waals surface area contributed by atoms with Gasteiger partial charge in [-0.1, -0.05) is 34.1 Å². The number of hydrogen-bond acceptors (Lipinski definition) is 3. The first-order chi connectivity index (χ1) is 11.8. The number of hydrogen-bond donors (Lipinski definition) is 1. The summed E-state index contributed by atoms with van der Waals surface area (Å²) in [5, 5.41) is 4.98. The van der Waals surface area contributed by atoms with Gasteiger partial charge in [-0.15, -0.1) is 0 Å². The minimum absolute atomic E-state index is 0.137. The summed E-state index contributed by atoms with van der Waals surface area (Å²) in [5.41, 5.74) is 4.79. The SMILES string of the molecule is Brc1cccc(C2Nc3ccc4ncccc4c3[C@@H]3OCC[C@H]23)c1. The van der Waals surface area contributed by atoms with Crippen LogP contribution in [0, 0.1) is 5.92 Å². The summed E-state index contributed by atoms with van der Waals surface area (Å²) >= 11 is 3.60. The van der Waals surface area contributed by atoms with E-state index in [0.717, 1.165) is 23.0 Å². The van der Waals surface area contributed by atoms with Gasteiger partial charge in [0.15, 0.2) is 0 Å². The molecule has 1 N–H and O–H groups in total. The van der Waals surface area contributed by atoms with E-state index in [4.69, 9.17) is 4.74 Å². The van der Waals surface area contributed by atoms with Gasteiger partial charge in [0.1, 0.15) is 0 Å². The third-order valence-corrected chi connectivity index (χ3v) is 5.69. The van der Waals surface area contributed by atoms with Crippen LogP contribution in [-0.4, -0.2) is 11.6 Å². The first-order valence-corrected chi connectivity index (χ1v) is 9.12. The molecule has 1 fully saturated rings. The fourth-order valence-electron chi connectivity index (χ4n) is 4.16. The normalized spacial score (nSPS) is 25.1. The second-order valence-corrected chi connectivity index (χ2v) is 7.43. The predicted octanol–water partition coefficient (Wildman–Crippen LogP) is 5.24. The molecule has 1 aromatic heterocycles. The Balaban J connectivity index is 1.68. The van der Waals surface area contributed by atoms with E-state index in [1.165, 1.54) is 22.2 Å². The summed E-state index contributed by atoms with van der Waals surface area (Å²) in [6.45, 7) is 0.817. The third kappa shape index (κ3) is 2.17. The molecule has 3 nitrogen and oxygen atoms in total. The monoisotopic (exact) mass is 380 g/mol. The van der Waals surface area contributed by atoms with Crippen molar-refractivity contribution in [2.45, 2.75) is 18.6 Å². The third-order valence-electron chi connectivity index (χ3n) is 5.20. The van der Waals surface area contributed by atoms with E-state index in [1.807, 2.05) is 12.3 Å². The predicted molar refractivity (Wildman–Crippen MR) is 99.0 cm³/mol. The second-order valence-electron chi connectivity index (χ2n) is 6.52. The Morgan fingerprint density at radius 1 is 1.12 bits per heavy atom. The van der Waals surface area contributed by atoms with Crippen LogP contribution in [0.5, 0.6) is 0 Å². The molecule has 1 unspecified atom stereocenters. The molecule has 3 atom stereocenters. The van der Waals surface area contributed by atoms with Gasteiger partial charge in [0.05, 0.1) is 17.7 Å². The van der Waals surface area contributed by atoms with Crippen LogP contribution in [0.3, 0.4) is 0 Å². The zero-order valence-corrected chi connectivity index (χ0v) is 14.7. The van der Waals surface area contributed by atoms with Crippen molar-refractivity contribution in [2.75, 3.05) is 11.9 Å². The van der Waals surface area contributed by atoms with Gasteiger partial charge < -0.3 is 10.1 Å². The van der Waals surface area contributed by atoms with Crippen LogP contribution >= 0.6 is 15.9 Å². The standard InChI is InChI=1S/C20H17BrN2O/c21-13-4-1-3-12(11-13)19-15-8-10-24-20(15)18-14-5-2-9-22-16(14)6-7-17(18)23-19/h1-7,9,11,15,19-20,23H,8,10H2/t15-,19?,20-/m1/s1. The summed E-state index contributed by atoms with van der Waals surface area (Å²) in [4.78, 5) is 4.50. The van der Waals surface area contributed by atoms with E-state index in [0.29, 0.717) is 5.92 Å². The fourth-order valence-corrected chi connectivity index (χ4v) is 4.57. The van der Waals surface area contributed by atoms with Crippen LogP contribution in [0.1, 0.15) is 29.7 Å². The lowest BCUT2D eigenvalue weighted by Crippen LogP contribution is -2.29. The molecule has 3 heterocycles. The fraction of sp³-hybridized carbons (Fsp3) is 0.250. The molecule has 0 aliphatic carbocycles. The lowest BCUT2D eigenvalue weighted by Gasteiger charge is -2.37. The Kier molecular flexibility index (Phi) is 3.35. The summed E-state index contributed by atoms with van der Waals surface area (Å²) in [7, 11) is 0. The molecule has 5 rings (SSSR count). The Labute approximate surface area is 149 Å². The quantitative estimate of drug-likeness (QED) is 0.626. The highest BCUT2D eigenvalue weighted by molar-refractivity contribution is 9.10. The lowest BCUT2D eigenvalue weighted by molar-refractivity contribution is 0.0841. The minimum atomic E-state index is 0.137. The zero-order chi connectivity index (χ0) is 16.1. The molecule has 0 spiro atoms. The molecule has 0 amide bonds. The second kappa shape index (κ2) is 5.57. The average molecular weight is 381 g/mol. The van der Waals surface area contributed by atoms with Gasteiger partial charge in [0.2, 0.25) is 0 Å². The van der Waals surface area contributed by atoms with Crippen LogP contribution < -0.4 is 5.32 Å². The molecule has 24 heavy (non-hydrogen) atoms. The first-order valence-electron chi connectivity index (χ1n) is 8.32. The number of nitrogens with one attached hydrogen (secondary N) is 1. The van der Waals surface area contributed by atoms with Crippen molar-refractivity contribution in [3.8, 4) is 0 Å². The van der Waals surface area contributed by atoms with Gasteiger partial charge in [-0.05, 0) is 42.3 Å². The number of benzene rings is 2. The van der Waals surface area contributed by atoms with Crippen molar-refractivity contribution in [1.82, 2.24) is 4.98 Å². The molecule has 0 saturated carbocycles. The first kappa shape index (κ1) is 14.4. The van der Waals surface area contributed by atoms with Crippen molar-refractivity contribution < 1.29 is 4.74 Å². The maximum Gasteiger partial charge on any atom is 0.0903 e. The smallest absolute Gasteiger partial charge is 0.0903 e. The zero-order valence-electron chi connectivity index (χ0n) is 13.1. The highest BCUT2D eigenvalue weighted by Gasteiger charge is 2.42. The molecular formula is C20H17BrN2O. The number of aromatic nitrogens is 1. The Hall–Kier alpha value is -1.91. The van der Waals surface area contributed by atoms with E-state index in [1.54, 1.807) is 0 Å². The summed E-state index contributed by atoms with van der Waals surface area (Å²) in [6.07, 6.45) is 3.06. The van der Waals surface area contributed by atoms with E-state index in [9.17, 15) is 0 Å². The van der Waals surface area contributed by atoms with Gasteiger partial charge in [-0.3, -0.25) is 4.98 Å². The van der Waals surface area contributed by atoms with Gasteiger partial charge in [-0.25, -0.2) is 0 Å². The molecule has 0 bridgehead atoms. The largest absolute Gasteiger partial charge is 0.378 e. The number of fused-ring (bicyclic) bond motifs is 5. The molecule has 1 saturated heterocycles.